The molecule has 0 aliphatic rings. The molecule has 0 amide bonds. The van der Waals surface area contributed by atoms with E-state index >= 15 is 0 Å². The molecule has 2 rings (SSSR count). The van der Waals surface area contributed by atoms with Gasteiger partial charge in [0.25, 0.3) is 0 Å². The van der Waals surface area contributed by atoms with Crippen molar-refractivity contribution in [3.8, 4) is 11.4 Å². The standard InChI is InChI=1S/C10H6Cl2F2N2O/c11-7-4-6(17-10(13)14)5-8(12)9(7)16-3-1-2-15-16/h1-5,10H. The fourth-order valence-electron chi connectivity index (χ4n) is 1.33. The largest absolute Gasteiger partial charge is 0.435 e. The van der Waals surface area contributed by atoms with Gasteiger partial charge in [0.2, 0.25) is 0 Å². The summed E-state index contributed by atoms with van der Waals surface area (Å²) < 4.78 is 29.7. The second kappa shape index (κ2) is 4.89. The number of halogens is 4. The number of nitrogens with zero attached hydrogens (tertiary/aromatic N) is 2. The second-order valence-corrected chi connectivity index (χ2v) is 3.88. The molecule has 0 fully saturated rings. The van der Waals surface area contributed by atoms with Gasteiger partial charge in [-0.15, -0.1) is 0 Å². The third-order valence-corrected chi connectivity index (χ3v) is 2.53. The average molecular weight is 279 g/mol. The van der Waals surface area contributed by atoms with Crippen LogP contribution >= 0.6 is 23.2 Å². The molecular weight excluding hydrogens is 273 g/mol. The summed E-state index contributed by atoms with van der Waals surface area (Å²) in [4.78, 5) is 0. The maximum atomic E-state index is 12.0. The van der Waals surface area contributed by atoms with Crippen LogP contribution in [0.25, 0.3) is 5.69 Å². The van der Waals surface area contributed by atoms with E-state index < -0.39 is 6.61 Å². The predicted octanol–water partition coefficient (Wildman–Crippen LogP) is 3.78. The highest BCUT2D eigenvalue weighted by molar-refractivity contribution is 6.38. The first-order chi connectivity index (χ1) is 8.08. The van der Waals surface area contributed by atoms with E-state index in [2.05, 4.69) is 9.84 Å². The Hall–Kier alpha value is -1.33. The molecule has 0 spiro atoms. The average Bonchev–Trinajstić information content (AvgIpc) is 2.68. The number of alkyl halides is 2. The lowest BCUT2D eigenvalue weighted by Gasteiger charge is -2.10. The monoisotopic (exact) mass is 278 g/mol. The fourth-order valence-corrected chi connectivity index (χ4v) is 1.97. The van der Waals surface area contributed by atoms with Crippen LogP contribution in [0.2, 0.25) is 10.0 Å². The quantitative estimate of drug-likeness (QED) is 0.854. The molecule has 2 aromatic rings. The number of rotatable bonds is 3. The first-order valence-corrected chi connectivity index (χ1v) is 5.27. The van der Waals surface area contributed by atoms with Crippen LogP contribution < -0.4 is 4.74 Å². The Morgan fingerprint density at radius 3 is 2.35 bits per heavy atom. The molecule has 0 aliphatic carbocycles. The summed E-state index contributed by atoms with van der Waals surface area (Å²) in [5.74, 6) is -0.0918. The third-order valence-electron chi connectivity index (χ3n) is 1.95. The lowest BCUT2D eigenvalue weighted by molar-refractivity contribution is -0.0498. The molecule has 3 nitrogen and oxygen atoms in total. The van der Waals surface area contributed by atoms with Gasteiger partial charge in [-0.25, -0.2) is 4.68 Å². The Morgan fingerprint density at radius 1 is 1.24 bits per heavy atom. The zero-order valence-electron chi connectivity index (χ0n) is 8.28. The number of aromatic nitrogens is 2. The first kappa shape index (κ1) is 12.1. The van der Waals surface area contributed by atoms with E-state index in [1.54, 1.807) is 18.5 Å². The summed E-state index contributed by atoms with van der Waals surface area (Å²) in [5, 5.41) is 4.31. The van der Waals surface area contributed by atoms with Crippen molar-refractivity contribution in [1.29, 1.82) is 0 Å². The van der Waals surface area contributed by atoms with Gasteiger partial charge in [-0.1, -0.05) is 23.2 Å². The van der Waals surface area contributed by atoms with Gasteiger partial charge in [0.1, 0.15) is 11.4 Å². The van der Waals surface area contributed by atoms with Crippen molar-refractivity contribution < 1.29 is 13.5 Å². The zero-order chi connectivity index (χ0) is 12.4. The summed E-state index contributed by atoms with van der Waals surface area (Å²) in [7, 11) is 0. The molecular formula is C10H6Cl2F2N2O. The van der Waals surface area contributed by atoms with E-state index in [1.165, 1.54) is 16.8 Å². The molecule has 0 bridgehead atoms. The van der Waals surface area contributed by atoms with Crippen LogP contribution in [0.15, 0.2) is 30.6 Å². The van der Waals surface area contributed by atoms with Crippen LogP contribution in [0.1, 0.15) is 0 Å². The normalized spacial score (nSPS) is 10.9. The molecule has 0 N–H and O–H groups in total. The highest BCUT2D eigenvalue weighted by Gasteiger charge is 2.13. The van der Waals surface area contributed by atoms with Crippen LogP contribution in [-0.4, -0.2) is 16.4 Å². The molecule has 17 heavy (non-hydrogen) atoms. The minimum absolute atomic E-state index is 0.0918. The molecule has 0 aliphatic heterocycles. The van der Waals surface area contributed by atoms with Crippen LogP contribution in [-0.2, 0) is 0 Å². The summed E-state index contributed by atoms with van der Waals surface area (Å²) in [6.45, 7) is -2.92. The smallest absolute Gasteiger partial charge is 0.387 e. The van der Waals surface area contributed by atoms with E-state index in [0.29, 0.717) is 5.69 Å². The molecule has 1 heterocycles. The maximum absolute atomic E-state index is 12.0. The number of benzene rings is 1. The van der Waals surface area contributed by atoms with Gasteiger partial charge in [0, 0.05) is 24.5 Å². The van der Waals surface area contributed by atoms with E-state index in [1.807, 2.05) is 0 Å². The van der Waals surface area contributed by atoms with Crippen LogP contribution in [0.3, 0.4) is 0 Å². The van der Waals surface area contributed by atoms with Crippen molar-refractivity contribution in [2.75, 3.05) is 0 Å². The first-order valence-electron chi connectivity index (χ1n) is 4.52. The van der Waals surface area contributed by atoms with Gasteiger partial charge in [-0.05, 0) is 6.07 Å². The Kier molecular flexibility index (Phi) is 3.49. The molecule has 7 heteroatoms. The highest BCUT2D eigenvalue weighted by Crippen LogP contribution is 2.33. The van der Waals surface area contributed by atoms with Crippen molar-refractivity contribution in [1.82, 2.24) is 9.78 Å². The maximum Gasteiger partial charge on any atom is 0.387 e. The van der Waals surface area contributed by atoms with Crippen LogP contribution in [0.5, 0.6) is 5.75 Å². The van der Waals surface area contributed by atoms with Gasteiger partial charge in [-0.2, -0.15) is 13.9 Å². The van der Waals surface area contributed by atoms with Crippen molar-refractivity contribution in [3.05, 3.63) is 40.6 Å². The molecule has 90 valence electrons. The summed E-state index contributed by atoms with van der Waals surface area (Å²) in [6.07, 6.45) is 3.19. The molecule has 0 saturated carbocycles. The lowest BCUT2D eigenvalue weighted by atomic mass is 10.3. The molecule has 1 aromatic heterocycles. The minimum Gasteiger partial charge on any atom is -0.435 e. The van der Waals surface area contributed by atoms with Gasteiger partial charge in [0.15, 0.2) is 0 Å². The van der Waals surface area contributed by atoms with E-state index in [4.69, 9.17) is 23.2 Å². The molecule has 0 unspecified atom stereocenters. The summed E-state index contributed by atoms with van der Waals surface area (Å²) in [6, 6.07) is 4.21. The number of hydrogen-bond donors (Lipinski definition) is 0. The Balaban J connectivity index is 2.43. The lowest BCUT2D eigenvalue weighted by Crippen LogP contribution is -2.03. The Morgan fingerprint density at radius 2 is 1.88 bits per heavy atom. The van der Waals surface area contributed by atoms with Crippen molar-refractivity contribution in [2.24, 2.45) is 0 Å². The van der Waals surface area contributed by atoms with E-state index in [-0.39, 0.29) is 15.8 Å². The van der Waals surface area contributed by atoms with Crippen molar-refractivity contribution in [2.45, 2.75) is 6.61 Å². The van der Waals surface area contributed by atoms with Crippen LogP contribution in [0, 0.1) is 0 Å². The van der Waals surface area contributed by atoms with Gasteiger partial charge >= 0.3 is 6.61 Å². The zero-order valence-corrected chi connectivity index (χ0v) is 9.79. The van der Waals surface area contributed by atoms with Crippen molar-refractivity contribution in [3.63, 3.8) is 0 Å². The molecule has 0 atom stereocenters. The summed E-state index contributed by atoms with van der Waals surface area (Å²) in [5.41, 5.74) is 0.417. The van der Waals surface area contributed by atoms with Gasteiger partial charge < -0.3 is 4.74 Å². The molecule has 1 aromatic carbocycles. The minimum atomic E-state index is -2.92. The van der Waals surface area contributed by atoms with Crippen LogP contribution in [0.4, 0.5) is 8.78 Å². The van der Waals surface area contributed by atoms with E-state index in [0.717, 1.165) is 0 Å². The third kappa shape index (κ3) is 2.68. The molecule has 0 saturated heterocycles. The Labute approximate surface area is 106 Å². The number of ether oxygens (including phenoxy) is 1. The highest BCUT2D eigenvalue weighted by atomic mass is 35.5. The molecule has 0 radical (unpaired) electrons. The van der Waals surface area contributed by atoms with Crippen molar-refractivity contribution >= 4 is 23.2 Å². The fraction of sp³-hybridized carbons (Fsp3) is 0.100. The van der Waals surface area contributed by atoms with Gasteiger partial charge in [0.05, 0.1) is 10.0 Å². The number of hydrogen-bond acceptors (Lipinski definition) is 2. The van der Waals surface area contributed by atoms with Gasteiger partial charge in [-0.3, -0.25) is 0 Å². The second-order valence-electron chi connectivity index (χ2n) is 3.06. The predicted molar refractivity (Wildman–Crippen MR) is 60.2 cm³/mol. The summed E-state index contributed by atoms with van der Waals surface area (Å²) >= 11 is 11.9. The Bertz CT molecular complexity index is 494. The van der Waals surface area contributed by atoms with E-state index in [9.17, 15) is 8.78 Å². The SMILES string of the molecule is FC(F)Oc1cc(Cl)c(-n2cccn2)c(Cl)c1. The topological polar surface area (TPSA) is 27.1 Å².